The van der Waals surface area contributed by atoms with Crippen LogP contribution >= 0.6 is 0 Å². The second kappa shape index (κ2) is 7.01. The molecule has 1 amide bonds. The summed E-state index contributed by atoms with van der Waals surface area (Å²) in [6, 6.07) is 3.79. The van der Waals surface area contributed by atoms with Crippen LogP contribution in [0.2, 0.25) is 0 Å². The number of furan rings is 1. The number of amides is 1. The third-order valence-electron chi connectivity index (χ3n) is 4.40. The lowest BCUT2D eigenvalue weighted by Gasteiger charge is -2.15. The second-order valence-electron chi connectivity index (χ2n) is 6.01. The van der Waals surface area contributed by atoms with E-state index in [0.29, 0.717) is 12.2 Å². The van der Waals surface area contributed by atoms with E-state index in [1.807, 2.05) is 12.1 Å². The normalized spacial score (nSPS) is 15.7. The number of aryl methyl sites for hydroxylation is 1. The van der Waals surface area contributed by atoms with Gasteiger partial charge in [-0.25, -0.2) is 0 Å². The minimum atomic E-state index is 0.00157. The molecular weight excluding hydrogens is 278 g/mol. The van der Waals surface area contributed by atoms with Gasteiger partial charge in [-0.2, -0.15) is 0 Å². The summed E-state index contributed by atoms with van der Waals surface area (Å²) in [7, 11) is 0. The van der Waals surface area contributed by atoms with Crippen molar-refractivity contribution in [2.75, 3.05) is 26.2 Å². The van der Waals surface area contributed by atoms with E-state index < -0.39 is 0 Å². The fraction of sp³-hybridized carbons (Fsp3) is 0.588. The summed E-state index contributed by atoms with van der Waals surface area (Å²) in [6.07, 6.45) is 6.41. The molecule has 22 heavy (non-hydrogen) atoms. The highest BCUT2D eigenvalue weighted by atomic mass is 16.3. The summed E-state index contributed by atoms with van der Waals surface area (Å²) in [6.45, 7) is 6.99. The van der Waals surface area contributed by atoms with E-state index in [1.165, 1.54) is 12.8 Å². The molecule has 0 radical (unpaired) electrons. The van der Waals surface area contributed by atoms with E-state index in [2.05, 4.69) is 21.7 Å². The predicted molar refractivity (Wildman–Crippen MR) is 87.1 cm³/mol. The van der Waals surface area contributed by atoms with Crippen LogP contribution in [0, 0.1) is 0 Å². The van der Waals surface area contributed by atoms with Gasteiger partial charge in [-0.05, 0) is 32.4 Å². The van der Waals surface area contributed by atoms with Crippen LogP contribution in [-0.2, 0) is 6.54 Å². The average molecular weight is 303 g/mol. The topological polar surface area (TPSA) is 50.4 Å². The van der Waals surface area contributed by atoms with E-state index in [1.54, 1.807) is 6.26 Å². The zero-order valence-electron chi connectivity index (χ0n) is 13.3. The highest BCUT2D eigenvalue weighted by Gasteiger charge is 2.17. The van der Waals surface area contributed by atoms with Crippen molar-refractivity contribution in [1.29, 1.82) is 0 Å². The first-order valence-electron chi connectivity index (χ1n) is 8.37. The van der Waals surface area contributed by atoms with Crippen LogP contribution in [0.25, 0.3) is 11.1 Å². The van der Waals surface area contributed by atoms with Crippen LogP contribution in [0.4, 0.5) is 0 Å². The summed E-state index contributed by atoms with van der Waals surface area (Å²) < 4.78 is 7.52. The molecule has 0 spiro atoms. The molecule has 1 aliphatic rings. The lowest BCUT2D eigenvalue weighted by molar-refractivity contribution is 0.0940. The number of rotatable bonds is 7. The van der Waals surface area contributed by atoms with Crippen molar-refractivity contribution >= 4 is 17.0 Å². The summed E-state index contributed by atoms with van der Waals surface area (Å²) in [4.78, 5) is 14.9. The highest BCUT2D eigenvalue weighted by Crippen LogP contribution is 2.21. The fourth-order valence-corrected chi connectivity index (χ4v) is 3.15. The van der Waals surface area contributed by atoms with Gasteiger partial charge in [0.15, 0.2) is 5.58 Å². The van der Waals surface area contributed by atoms with E-state index in [-0.39, 0.29) is 5.91 Å². The predicted octanol–water partition coefficient (Wildman–Crippen LogP) is 2.86. The van der Waals surface area contributed by atoms with Gasteiger partial charge in [-0.15, -0.1) is 0 Å². The molecule has 0 bridgehead atoms. The number of aromatic nitrogens is 1. The Bertz CT molecular complexity index is 623. The Morgan fingerprint density at radius 2 is 2.14 bits per heavy atom. The van der Waals surface area contributed by atoms with Crippen molar-refractivity contribution in [2.24, 2.45) is 0 Å². The highest BCUT2D eigenvalue weighted by molar-refractivity contribution is 5.97. The Labute approximate surface area is 131 Å². The Morgan fingerprint density at radius 1 is 1.32 bits per heavy atom. The SMILES string of the molecule is CCCCn1c(C(=O)NCCN2CCCC2)cc2occc21. The van der Waals surface area contributed by atoms with Crippen LogP contribution in [0.1, 0.15) is 43.1 Å². The molecule has 1 aliphatic heterocycles. The van der Waals surface area contributed by atoms with Crippen LogP contribution in [-0.4, -0.2) is 41.6 Å². The minimum Gasteiger partial charge on any atom is -0.463 e. The Hall–Kier alpha value is -1.75. The number of likely N-dealkylation sites (tertiary alicyclic amines) is 1. The van der Waals surface area contributed by atoms with Gasteiger partial charge >= 0.3 is 0 Å². The maximum atomic E-state index is 12.5. The van der Waals surface area contributed by atoms with Crippen LogP contribution in [0.5, 0.6) is 0 Å². The van der Waals surface area contributed by atoms with Crippen LogP contribution in [0.15, 0.2) is 22.8 Å². The van der Waals surface area contributed by atoms with Gasteiger partial charge in [-0.3, -0.25) is 4.79 Å². The van der Waals surface area contributed by atoms with E-state index in [9.17, 15) is 4.79 Å². The largest absolute Gasteiger partial charge is 0.463 e. The Balaban J connectivity index is 1.65. The molecule has 5 heteroatoms. The number of nitrogens with one attached hydrogen (secondary N) is 1. The van der Waals surface area contributed by atoms with Gasteiger partial charge in [0, 0.05) is 31.8 Å². The molecule has 2 aromatic rings. The van der Waals surface area contributed by atoms with E-state index in [0.717, 1.165) is 50.1 Å². The third kappa shape index (κ3) is 3.19. The molecule has 3 heterocycles. The summed E-state index contributed by atoms with van der Waals surface area (Å²) >= 11 is 0. The first-order valence-corrected chi connectivity index (χ1v) is 8.37. The molecule has 1 fully saturated rings. The Kier molecular flexibility index (Phi) is 4.83. The molecule has 2 aromatic heterocycles. The fourth-order valence-electron chi connectivity index (χ4n) is 3.15. The molecule has 0 aliphatic carbocycles. The van der Waals surface area contributed by atoms with Crippen molar-refractivity contribution in [1.82, 2.24) is 14.8 Å². The summed E-state index contributed by atoms with van der Waals surface area (Å²) in [5.41, 5.74) is 2.52. The monoisotopic (exact) mass is 303 g/mol. The van der Waals surface area contributed by atoms with Gasteiger partial charge < -0.3 is 19.2 Å². The van der Waals surface area contributed by atoms with Crippen LogP contribution in [0.3, 0.4) is 0 Å². The molecule has 5 nitrogen and oxygen atoms in total. The molecule has 0 aromatic carbocycles. The average Bonchev–Trinajstić information content (AvgIpc) is 3.22. The molecule has 1 saturated heterocycles. The summed E-state index contributed by atoms with van der Waals surface area (Å²) in [5.74, 6) is 0.00157. The van der Waals surface area contributed by atoms with Crippen molar-refractivity contribution in [3.8, 4) is 0 Å². The molecule has 0 unspecified atom stereocenters. The molecule has 120 valence electrons. The molecular formula is C17H25N3O2. The van der Waals surface area contributed by atoms with Crippen molar-refractivity contribution in [3.63, 3.8) is 0 Å². The second-order valence-corrected chi connectivity index (χ2v) is 6.01. The van der Waals surface area contributed by atoms with Gasteiger partial charge in [0.05, 0.1) is 11.8 Å². The van der Waals surface area contributed by atoms with Crippen molar-refractivity contribution < 1.29 is 9.21 Å². The quantitative estimate of drug-likeness (QED) is 0.855. The van der Waals surface area contributed by atoms with E-state index >= 15 is 0 Å². The van der Waals surface area contributed by atoms with Crippen molar-refractivity contribution in [2.45, 2.75) is 39.2 Å². The first kappa shape index (κ1) is 15.2. The number of unbranched alkanes of at least 4 members (excludes halogenated alkanes) is 1. The van der Waals surface area contributed by atoms with E-state index in [4.69, 9.17) is 4.42 Å². The lowest BCUT2D eigenvalue weighted by atomic mass is 10.3. The number of carbonyl (C=O) groups excluding carboxylic acids is 1. The Morgan fingerprint density at radius 3 is 2.91 bits per heavy atom. The standard InChI is InChI=1S/C17H25N3O2/c1-2-3-10-20-14-6-12-22-16(14)13-15(20)17(21)18-7-11-19-8-4-5-9-19/h6,12-13H,2-5,7-11H2,1H3,(H,18,21). The number of nitrogens with zero attached hydrogens (tertiary/aromatic N) is 2. The van der Waals surface area contributed by atoms with Gasteiger partial charge in [0.25, 0.3) is 5.91 Å². The minimum absolute atomic E-state index is 0.00157. The lowest BCUT2D eigenvalue weighted by Crippen LogP contribution is -2.34. The maximum absolute atomic E-state index is 12.5. The third-order valence-corrected chi connectivity index (χ3v) is 4.40. The molecule has 3 rings (SSSR count). The number of hydrogen-bond donors (Lipinski definition) is 1. The van der Waals surface area contributed by atoms with Crippen molar-refractivity contribution in [3.05, 3.63) is 24.1 Å². The molecule has 0 atom stereocenters. The first-order chi connectivity index (χ1) is 10.8. The molecule has 1 N–H and O–H groups in total. The molecule has 0 saturated carbocycles. The zero-order chi connectivity index (χ0) is 15.4. The van der Waals surface area contributed by atoms with Gasteiger partial charge in [0.1, 0.15) is 5.69 Å². The number of carbonyl (C=O) groups is 1. The zero-order valence-corrected chi connectivity index (χ0v) is 13.3. The number of hydrogen-bond acceptors (Lipinski definition) is 3. The smallest absolute Gasteiger partial charge is 0.268 e. The van der Waals surface area contributed by atoms with Gasteiger partial charge in [-0.1, -0.05) is 13.3 Å². The van der Waals surface area contributed by atoms with Gasteiger partial charge in [0.2, 0.25) is 0 Å². The maximum Gasteiger partial charge on any atom is 0.268 e. The summed E-state index contributed by atoms with van der Waals surface area (Å²) in [5, 5.41) is 3.05. The van der Waals surface area contributed by atoms with Crippen LogP contribution < -0.4 is 5.32 Å². The number of fused-ring (bicyclic) bond motifs is 1.